The van der Waals surface area contributed by atoms with Crippen molar-refractivity contribution in [3.8, 4) is 5.75 Å². The van der Waals surface area contributed by atoms with Crippen LogP contribution < -0.4 is 20.3 Å². The Morgan fingerprint density at radius 3 is 2.77 bits per heavy atom. The lowest BCUT2D eigenvalue weighted by Gasteiger charge is -2.28. The zero-order valence-electron chi connectivity index (χ0n) is 16.3. The van der Waals surface area contributed by atoms with E-state index in [1.54, 1.807) is 24.2 Å². The minimum atomic E-state index is -0.323. The highest BCUT2D eigenvalue weighted by atomic mass is 32.1. The number of pyridine rings is 1. The molecule has 154 valence electrons. The van der Waals surface area contributed by atoms with Gasteiger partial charge in [-0.25, -0.2) is 9.78 Å². The fraction of sp³-hybridized carbons (Fsp3) is 0.286. The highest BCUT2D eigenvalue weighted by Gasteiger charge is 2.32. The van der Waals surface area contributed by atoms with Crippen molar-refractivity contribution in [3.63, 3.8) is 0 Å². The Balaban J connectivity index is 1.49. The largest absolute Gasteiger partial charge is 0.490 e. The summed E-state index contributed by atoms with van der Waals surface area (Å²) in [5.41, 5.74) is 1.92. The van der Waals surface area contributed by atoms with Gasteiger partial charge < -0.3 is 20.1 Å². The predicted octanol–water partition coefficient (Wildman–Crippen LogP) is 3.90. The normalized spacial score (nSPS) is 16.4. The molecule has 1 fully saturated rings. The number of carbonyl (C=O) groups excluding carboxylic acids is 2. The predicted molar refractivity (Wildman–Crippen MR) is 115 cm³/mol. The lowest BCUT2D eigenvalue weighted by Crippen LogP contribution is -2.34. The molecule has 2 aliphatic rings. The molecule has 1 saturated heterocycles. The van der Waals surface area contributed by atoms with E-state index in [1.807, 2.05) is 24.3 Å². The number of benzene rings is 1. The molecule has 0 bridgehead atoms. The van der Waals surface area contributed by atoms with E-state index in [2.05, 4.69) is 15.6 Å². The lowest BCUT2D eigenvalue weighted by atomic mass is 10.1. The van der Waals surface area contributed by atoms with Crippen LogP contribution in [0.3, 0.4) is 0 Å². The lowest BCUT2D eigenvalue weighted by molar-refractivity contribution is 0.0256. The van der Waals surface area contributed by atoms with Crippen LogP contribution in [0.1, 0.15) is 22.5 Å². The SMILES string of the molecule is CNC(=O)c1sc2nccc3c2c1NC(=O)N3c1ccc(OC2CCOCC2)cc1. The van der Waals surface area contributed by atoms with Crippen LogP contribution in [0, 0.1) is 0 Å². The number of hydrogen-bond donors (Lipinski definition) is 2. The summed E-state index contributed by atoms with van der Waals surface area (Å²) < 4.78 is 11.4. The maximum absolute atomic E-state index is 13.0. The van der Waals surface area contributed by atoms with E-state index in [-0.39, 0.29) is 18.0 Å². The molecule has 1 aromatic carbocycles. The Morgan fingerprint density at radius 2 is 2.03 bits per heavy atom. The topological polar surface area (TPSA) is 92.8 Å². The summed E-state index contributed by atoms with van der Waals surface area (Å²) in [5, 5.41) is 6.25. The number of rotatable bonds is 4. The van der Waals surface area contributed by atoms with Crippen molar-refractivity contribution in [2.75, 3.05) is 30.5 Å². The molecule has 2 N–H and O–H groups in total. The van der Waals surface area contributed by atoms with Gasteiger partial charge in [-0.05, 0) is 30.3 Å². The third-order valence-electron chi connectivity index (χ3n) is 5.25. The second kappa shape index (κ2) is 7.58. The van der Waals surface area contributed by atoms with Crippen LogP contribution >= 0.6 is 11.3 Å². The molecule has 3 aromatic rings. The first-order valence-corrected chi connectivity index (χ1v) is 10.6. The first kappa shape index (κ1) is 18.8. The van der Waals surface area contributed by atoms with Gasteiger partial charge in [-0.3, -0.25) is 9.69 Å². The summed E-state index contributed by atoms with van der Waals surface area (Å²) >= 11 is 1.26. The molecule has 3 amide bonds. The van der Waals surface area contributed by atoms with Gasteiger partial charge in [-0.1, -0.05) is 0 Å². The van der Waals surface area contributed by atoms with E-state index in [0.29, 0.717) is 26.8 Å². The molecule has 9 heteroatoms. The van der Waals surface area contributed by atoms with Gasteiger partial charge in [-0.15, -0.1) is 11.3 Å². The summed E-state index contributed by atoms with van der Waals surface area (Å²) in [6.45, 7) is 1.44. The second-order valence-electron chi connectivity index (χ2n) is 7.08. The Bertz CT molecular complexity index is 1120. The number of urea groups is 1. The third kappa shape index (κ3) is 3.16. The maximum atomic E-state index is 13.0. The zero-order valence-corrected chi connectivity index (χ0v) is 17.1. The van der Waals surface area contributed by atoms with E-state index in [0.717, 1.165) is 37.2 Å². The molecule has 0 unspecified atom stereocenters. The molecular weight excluding hydrogens is 404 g/mol. The number of anilines is 3. The van der Waals surface area contributed by atoms with Gasteiger partial charge in [0, 0.05) is 26.1 Å². The van der Waals surface area contributed by atoms with Gasteiger partial charge in [0.2, 0.25) is 0 Å². The van der Waals surface area contributed by atoms with Gasteiger partial charge in [0.05, 0.1) is 35.7 Å². The Hall–Kier alpha value is -3.17. The molecule has 2 aliphatic heterocycles. The maximum Gasteiger partial charge on any atom is 0.331 e. The number of aromatic nitrogens is 1. The molecule has 30 heavy (non-hydrogen) atoms. The zero-order chi connectivity index (χ0) is 20.7. The number of hydrogen-bond acceptors (Lipinski definition) is 6. The Morgan fingerprint density at radius 1 is 1.27 bits per heavy atom. The van der Waals surface area contributed by atoms with Crippen LogP contribution in [0.5, 0.6) is 5.75 Å². The Labute approximate surface area is 176 Å². The summed E-state index contributed by atoms with van der Waals surface area (Å²) in [6, 6.07) is 8.93. The van der Waals surface area contributed by atoms with E-state index < -0.39 is 0 Å². The first-order valence-electron chi connectivity index (χ1n) is 9.75. The van der Waals surface area contributed by atoms with Crippen LogP contribution in [-0.2, 0) is 4.74 Å². The highest BCUT2D eigenvalue weighted by molar-refractivity contribution is 7.21. The molecule has 0 spiro atoms. The smallest absolute Gasteiger partial charge is 0.331 e. The van der Waals surface area contributed by atoms with Crippen molar-refractivity contribution in [2.45, 2.75) is 18.9 Å². The van der Waals surface area contributed by atoms with Gasteiger partial charge in [0.25, 0.3) is 5.91 Å². The van der Waals surface area contributed by atoms with Crippen LogP contribution in [-0.4, -0.2) is 43.3 Å². The minimum absolute atomic E-state index is 0.152. The average Bonchev–Trinajstić information content (AvgIpc) is 3.14. The monoisotopic (exact) mass is 424 g/mol. The average molecular weight is 424 g/mol. The fourth-order valence-electron chi connectivity index (χ4n) is 3.77. The van der Waals surface area contributed by atoms with Gasteiger partial charge in [0.1, 0.15) is 21.6 Å². The molecular formula is C21H20N4O4S. The van der Waals surface area contributed by atoms with Gasteiger partial charge in [-0.2, -0.15) is 0 Å². The molecule has 0 aliphatic carbocycles. The minimum Gasteiger partial charge on any atom is -0.490 e. The number of nitrogens with zero attached hydrogens (tertiary/aromatic N) is 2. The van der Waals surface area contributed by atoms with Crippen LogP contribution in [0.15, 0.2) is 36.5 Å². The molecule has 0 radical (unpaired) electrons. The molecule has 8 nitrogen and oxygen atoms in total. The van der Waals surface area contributed by atoms with Crippen LogP contribution in [0.4, 0.5) is 21.9 Å². The van der Waals surface area contributed by atoms with Gasteiger partial charge in [0.15, 0.2) is 0 Å². The summed E-state index contributed by atoms with van der Waals surface area (Å²) in [4.78, 5) is 32.3. The fourth-order valence-corrected chi connectivity index (χ4v) is 4.84. The Kier molecular flexibility index (Phi) is 4.76. The number of amides is 3. The van der Waals surface area contributed by atoms with Crippen molar-refractivity contribution in [1.82, 2.24) is 10.3 Å². The highest BCUT2D eigenvalue weighted by Crippen LogP contribution is 2.45. The van der Waals surface area contributed by atoms with E-state index >= 15 is 0 Å². The number of ether oxygens (including phenoxy) is 2. The van der Waals surface area contributed by atoms with Gasteiger partial charge >= 0.3 is 6.03 Å². The molecule has 0 atom stereocenters. The number of thiophene rings is 1. The van der Waals surface area contributed by atoms with Crippen LogP contribution in [0.2, 0.25) is 0 Å². The van der Waals surface area contributed by atoms with E-state index in [4.69, 9.17) is 9.47 Å². The van der Waals surface area contributed by atoms with Crippen molar-refractivity contribution < 1.29 is 19.1 Å². The molecule has 5 rings (SSSR count). The molecule has 0 saturated carbocycles. The first-order chi connectivity index (χ1) is 14.7. The van der Waals surface area contributed by atoms with Crippen molar-refractivity contribution in [3.05, 3.63) is 41.4 Å². The third-order valence-corrected chi connectivity index (χ3v) is 6.34. The molecule has 4 heterocycles. The summed E-state index contributed by atoms with van der Waals surface area (Å²) in [5.74, 6) is 0.517. The van der Waals surface area contributed by atoms with Crippen LogP contribution in [0.25, 0.3) is 10.2 Å². The van der Waals surface area contributed by atoms with Crippen molar-refractivity contribution in [2.24, 2.45) is 0 Å². The second-order valence-corrected chi connectivity index (χ2v) is 8.08. The standard InChI is InChI=1S/C21H20N4O4S/c1-22-19(26)18-17-16-15(6-9-23-20(16)30-18)25(21(27)24-17)12-2-4-13(5-3-12)29-14-7-10-28-11-8-14/h2-6,9,14H,7-8,10-11H2,1H3,(H,22,26)(H,24,27). The quantitative estimate of drug-likeness (QED) is 0.663. The van der Waals surface area contributed by atoms with Crippen molar-refractivity contribution >= 4 is 50.6 Å². The molecule has 2 aromatic heterocycles. The van der Waals surface area contributed by atoms with E-state index in [9.17, 15) is 9.59 Å². The number of carbonyl (C=O) groups is 2. The van der Waals surface area contributed by atoms with E-state index in [1.165, 1.54) is 11.3 Å². The van der Waals surface area contributed by atoms with Crippen molar-refractivity contribution in [1.29, 1.82) is 0 Å². The summed E-state index contributed by atoms with van der Waals surface area (Å²) in [6.07, 6.45) is 3.55. The summed E-state index contributed by atoms with van der Waals surface area (Å²) in [7, 11) is 1.56. The number of nitrogens with one attached hydrogen (secondary N) is 2.